The van der Waals surface area contributed by atoms with Gasteiger partial charge in [-0.15, -0.1) is 0 Å². The summed E-state index contributed by atoms with van der Waals surface area (Å²) in [6.45, 7) is 4.11. The van der Waals surface area contributed by atoms with E-state index in [0.717, 1.165) is 32.7 Å². The van der Waals surface area contributed by atoms with Crippen LogP contribution >= 0.6 is 0 Å². The van der Waals surface area contributed by atoms with Crippen molar-refractivity contribution in [1.29, 1.82) is 0 Å². The number of carbonyl (C=O) groups is 1. The first-order chi connectivity index (χ1) is 12.1. The molecule has 0 atom stereocenters. The lowest BCUT2D eigenvalue weighted by Gasteiger charge is -2.37. The highest BCUT2D eigenvalue weighted by Crippen LogP contribution is 2.27. The summed E-state index contributed by atoms with van der Waals surface area (Å²) >= 11 is 0. The minimum atomic E-state index is -0.539. The number of primary amides is 1. The number of nitrogens with zero attached hydrogens (tertiary/aromatic N) is 2. The van der Waals surface area contributed by atoms with Gasteiger partial charge in [-0.2, -0.15) is 0 Å². The van der Waals surface area contributed by atoms with Crippen LogP contribution in [0.3, 0.4) is 0 Å². The number of halogens is 1. The van der Waals surface area contributed by atoms with Gasteiger partial charge in [0.15, 0.2) is 0 Å². The van der Waals surface area contributed by atoms with Gasteiger partial charge in [0.05, 0.1) is 5.69 Å². The zero-order chi connectivity index (χ0) is 17.6. The van der Waals surface area contributed by atoms with Crippen molar-refractivity contribution in [1.82, 2.24) is 4.90 Å². The lowest BCUT2D eigenvalue weighted by molar-refractivity contribution is -0.113. The monoisotopic (exact) mass is 339 g/mol. The van der Waals surface area contributed by atoms with Crippen LogP contribution in [0.4, 0.5) is 10.1 Å². The van der Waals surface area contributed by atoms with Crippen LogP contribution in [0.15, 0.2) is 54.6 Å². The van der Waals surface area contributed by atoms with E-state index in [1.54, 1.807) is 18.2 Å². The van der Waals surface area contributed by atoms with Gasteiger partial charge in [-0.05, 0) is 17.7 Å². The van der Waals surface area contributed by atoms with E-state index in [4.69, 9.17) is 5.73 Å². The topological polar surface area (TPSA) is 49.6 Å². The Balaban J connectivity index is 1.69. The lowest BCUT2D eigenvalue weighted by Crippen LogP contribution is -2.46. The van der Waals surface area contributed by atoms with Crippen LogP contribution in [0.25, 0.3) is 6.08 Å². The Kier molecular flexibility index (Phi) is 5.46. The van der Waals surface area contributed by atoms with Gasteiger partial charge in [0.25, 0.3) is 0 Å². The molecule has 5 heteroatoms. The molecule has 0 bridgehead atoms. The number of para-hydroxylation sites is 1. The van der Waals surface area contributed by atoms with Crippen molar-refractivity contribution in [2.75, 3.05) is 31.1 Å². The smallest absolute Gasteiger partial charge is 0.241 e. The summed E-state index contributed by atoms with van der Waals surface area (Å²) in [5, 5.41) is 0. The number of anilines is 1. The Morgan fingerprint density at radius 2 is 1.76 bits per heavy atom. The summed E-state index contributed by atoms with van der Waals surface area (Å²) in [7, 11) is 0. The Morgan fingerprint density at radius 1 is 1.04 bits per heavy atom. The Hall–Kier alpha value is -2.66. The van der Waals surface area contributed by atoms with Crippen LogP contribution in [0.2, 0.25) is 0 Å². The second kappa shape index (κ2) is 7.94. The number of rotatable bonds is 5. The van der Waals surface area contributed by atoms with Gasteiger partial charge in [0.2, 0.25) is 5.91 Å². The van der Waals surface area contributed by atoms with Crippen LogP contribution in [0.5, 0.6) is 0 Å². The fraction of sp³-hybridized carbons (Fsp3) is 0.250. The SMILES string of the molecule is NC(=O)/C=C/c1cccc(F)c1N1CCN(Cc2ccccc2)CC1. The molecular formula is C20H22FN3O. The van der Waals surface area contributed by atoms with E-state index < -0.39 is 5.91 Å². The normalized spacial score (nSPS) is 15.6. The third kappa shape index (κ3) is 4.45. The van der Waals surface area contributed by atoms with Crippen molar-refractivity contribution in [3.8, 4) is 0 Å². The molecule has 0 aromatic heterocycles. The molecule has 1 heterocycles. The van der Waals surface area contributed by atoms with Gasteiger partial charge in [-0.1, -0.05) is 42.5 Å². The van der Waals surface area contributed by atoms with Gasteiger partial charge in [0, 0.05) is 44.4 Å². The number of benzene rings is 2. The second-order valence-corrected chi connectivity index (χ2v) is 6.16. The molecule has 3 rings (SSSR count). The molecule has 1 amide bonds. The molecule has 0 aliphatic carbocycles. The highest BCUT2D eigenvalue weighted by atomic mass is 19.1. The molecule has 4 nitrogen and oxygen atoms in total. The number of piperazine rings is 1. The summed E-state index contributed by atoms with van der Waals surface area (Å²) < 4.78 is 14.4. The zero-order valence-corrected chi connectivity index (χ0v) is 14.1. The standard InChI is InChI=1S/C20H22FN3O/c21-18-8-4-7-17(9-10-19(22)25)20(18)24-13-11-23(12-14-24)15-16-5-2-1-3-6-16/h1-10H,11-15H2,(H2,22,25)/b10-9+. The fourth-order valence-corrected chi connectivity index (χ4v) is 3.14. The Labute approximate surface area is 147 Å². The maximum atomic E-state index is 14.4. The third-order valence-electron chi connectivity index (χ3n) is 4.38. The van der Waals surface area contributed by atoms with Gasteiger partial charge in [-0.25, -0.2) is 4.39 Å². The van der Waals surface area contributed by atoms with Gasteiger partial charge < -0.3 is 10.6 Å². The molecule has 0 saturated carbocycles. The summed E-state index contributed by atoms with van der Waals surface area (Å²) in [6, 6.07) is 15.2. The van der Waals surface area contributed by atoms with Crippen molar-refractivity contribution in [3.63, 3.8) is 0 Å². The zero-order valence-electron chi connectivity index (χ0n) is 14.1. The minimum Gasteiger partial charge on any atom is -0.366 e. The summed E-state index contributed by atoms with van der Waals surface area (Å²) in [4.78, 5) is 15.4. The quantitative estimate of drug-likeness (QED) is 0.852. The van der Waals surface area contributed by atoms with E-state index in [2.05, 4.69) is 17.0 Å². The predicted octanol–water partition coefficient (Wildman–Crippen LogP) is 2.65. The highest BCUT2D eigenvalue weighted by Gasteiger charge is 2.21. The average Bonchev–Trinajstić information content (AvgIpc) is 2.62. The van der Waals surface area contributed by atoms with Crippen LogP contribution < -0.4 is 10.6 Å². The van der Waals surface area contributed by atoms with Crippen molar-refractivity contribution < 1.29 is 9.18 Å². The molecule has 25 heavy (non-hydrogen) atoms. The second-order valence-electron chi connectivity index (χ2n) is 6.16. The first kappa shape index (κ1) is 17.2. The number of carbonyl (C=O) groups excluding carboxylic acids is 1. The van der Waals surface area contributed by atoms with Crippen molar-refractivity contribution in [2.24, 2.45) is 5.73 Å². The van der Waals surface area contributed by atoms with Crippen molar-refractivity contribution in [3.05, 3.63) is 71.6 Å². The van der Waals surface area contributed by atoms with Crippen LogP contribution in [0, 0.1) is 5.82 Å². The molecule has 0 unspecified atom stereocenters. The molecule has 2 aromatic rings. The van der Waals surface area contributed by atoms with Crippen LogP contribution in [-0.2, 0) is 11.3 Å². The molecule has 2 N–H and O–H groups in total. The van der Waals surface area contributed by atoms with E-state index in [0.29, 0.717) is 11.3 Å². The van der Waals surface area contributed by atoms with Crippen LogP contribution in [0.1, 0.15) is 11.1 Å². The number of nitrogens with two attached hydrogens (primary N) is 1. The van der Waals surface area contributed by atoms with Crippen molar-refractivity contribution >= 4 is 17.7 Å². The Morgan fingerprint density at radius 3 is 2.44 bits per heavy atom. The molecule has 1 fully saturated rings. The maximum Gasteiger partial charge on any atom is 0.241 e. The minimum absolute atomic E-state index is 0.275. The number of amides is 1. The van der Waals surface area contributed by atoms with Gasteiger partial charge in [-0.3, -0.25) is 9.69 Å². The van der Waals surface area contributed by atoms with Crippen LogP contribution in [-0.4, -0.2) is 37.0 Å². The van der Waals surface area contributed by atoms with E-state index in [9.17, 15) is 9.18 Å². The van der Waals surface area contributed by atoms with E-state index in [-0.39, 0.29) is 5.82 Å². The predicted molar refractivity (Wildman–Crippen MR) is 98.6 cm³/mol. The molecule has 0 radical (unpaired) electrons. The maximum absolute atomic E-state index is 14.4. The molecule has 2 aromatic carbocycles. The van der Waals surface area contributed by atoms with Gasteiger partial charge >= 0.3 is 0 Å². The Bertz CT molecular complexity index is 753. The summed E-state index contributed by atoms with van der Waals surface area (Å²) in [5.74, 6) is -0.814. The summed E-state index contributed by atoms with van der Waals surface area (Å²) in [5.41, 5.74) is 7.66. The molecule has 1 saturated heterocycles. The molecule has 1 aliphatic heterocycles. The van der Waals surface area contributed by atoms with E-state index in [1.807, 2.05) is 23.1 Å². The average molecular weight is 339 g/mol. The summed E-state index contributed by atoms with van der Waals surface area (Å²) in [6.07, 6.45) is 2.85. The first-order valence-electron chi connectivity index (χ1n) is 8.41. The highest BCUT2D eigenvalue weighted by molar-refractivity contribution is 5.91. The van der Waals surface area contributed by atoms with Crippen molar-refractivity contribution in [2.45, 2.75) is 6.54 Å². The molecular weight excluding hydrogens is 317 g/mol. The largest absolute Gasteiger partial charge is 0.366 e. The van der Waals surface area contributed by atoms with E-state index in [1.165, 1.54) is 17.7 Å². The number of hydrogen-bond acceptors (Lipinski definition) is 3. The lowest BCUT2D eigenvalue weighted by atomic mass is 10.1. The van der Waals surface area contributed by atoms with Gasteiger partial charge in [0.1, 0.15) is 5.82 Å². The molecule has 130 valence electrons. The molecule has 0 spiro atoms. The molecule has 1 aliphatic rings. The van der Waals surface area contributed by atoms with E-state index >= 15 is 0 Å². The fourth-order valence-electron chi connectivity index (χ4n) is 3.14. The third-order valence-corrected chi connectivity index (χ3v) is 4.38. The first-order valence-corrected chi connectivity index (χ1v) is 8.41. The number of hydrogen-bond donors (Lipinski definition) is 1.